The summed E-state index contributed by atoms with van der Waals surface area (Å²) < 4.78 is 33.6. The smallest absolute Gasteiger partial charge is 0.253 e. The number of sulfonamides is 1. The Morgan fingerprint density at radius 2 is 1.77 bits per heavy atom. The van der Waals surface area contributed by atoms with Crippen LogP contribution in [0.1, 0.15) is 41.6 Å². The van der Waals surface area contributed by atoms with Gasteiger partial charge in [0.15, 0.2) is 0 Å². The molecule has 0 N–H and O–H groups in total. The third-order valence-electron chi connectivity index (χ3n) is 5.49. The van der Waals surface area contributed by atoms with Crippen molar-refractivity contribution >= 4 is 27.5 Å². The molecule has 1 heterocycles. The van der Waals surface area contributed by atoms with Crippen molar-refractivity contribution in [1.82, 2.24) is 9.21 Å². The number of nitrogens with zero attached hydrogens (tertiary/aromatic N) is 2. The Morgan fingerprint density at radius 3 is 2.45 bits per heavy atom. The highest BCUT2D eigenvalue weighted by molar-refractivity contribution is 7.89. The molecule has 1 aliphatic heterocycles. The average Bonchev–Trinajstić information content (AvgIpc) is 3.05. The van der Waals surface area contributed by atoms with E-state index in [0.29, 0.717) is 26.2 Å². The summed E-state index contributed by atoms with van der Waals surface area (Å²) in [5.74, 6) is 0.498. The summed E-state index contributed by atoms with van der Waals surface area (Å²) in [5, 5.41) is 0.131. The molecule has 1 saturated heterocycles. The Labute approximate surface area is 189 Å². The van der Waals surface area contributed by atoms with Crippen LogP contribution < -0.4 is 4.74 Å². The van der Waals surface area contributed by atoms with Crippen LogP contribution in [0.3, 0.4) is 0 Å². The van der Waals surface area contributed by atoms with E-state index in [-0.39, 0.29) is 21.4 Å². The first kappa shape index (κ1) is 23.6. The van der Waals surface area contributed by atoms with Crippen LogP contribution in [0, 0.1) is 6.92 Å². The Morgan fingerprint density at radius 1 is 1.10 bits per heavy atom. The number of hydrogen-bond acceptors (Lipinski definition) is 4. The fourth-order valence-electron chi connectivity index (χ4n) is 3.59. The minimum absolute atomic E-state index is 0.00789. The minimum Gasteiger partial charge on any atom is -0.491 e. The van der Waals surface area contributed by atoms with Crippen LogP contribution in [0.2, 0.25) is 5.02 Å². The maximum atomic E-state index is 13.2. The van der Waals surface area contributed by atoms with Crippen molar-refractivity contribution < 1.29 is 17.9 Å². The second-order valence-corrected chi connectivity index (χ2v) is 10.1. The fourth-order valence-corrected chi connectivity index (χ4v) is 5.61. The van der Waals surface area contributed by atoms with Crippen LogP contribution in [-0.4, -0.2) is 56.8 Å². The number of carbonyl (C=O) groups excluding carboxylic acids is 1. The van der Waals surface area contributed by atoms with Gasteiger partial charge in [0, 0.05) is 25.7 Å². The van der Waals surface area contributed by atoms with Gasteiger partial charge in [-0.1, -0.05) is 42.6 Å². The minimum atomic E-state index is -3.75. The zero-order chi connectivity index (χ0) is 22.4. The monoisotopic (exact) mass is 464 g/mol. The van der Waals surface area contributed by atoms with Crippen LogP contribution in [0.25, 0.3) is 0 Å². The first-order valence-electron chi connectivity index (χ1n) is 10.5. The third-order valence-corrected chi connectivity index (χ3v) is 7.87. The fraction of sp³-hybridized carbons (Fsp3) is 0.435. The van der Waals surface area contributed by atoms with E-state index in [1.807, 2.05) is 31.2 Å². The number of aryl methyl sites for hydroxylation is 1. The number of rotatable bonds is 7. The standard InChI is InChI=1S/C23H29ClN2O4S/c1-18-9-5-6-10-21(18)30-16-15-25(2)23(27)19-11-12-20(24)22(17-19)31(28,29)26-13-7-3-4-8-14-26/h5-6,9-12,17H,3-4,7-8,13-16H2,1-2H3. The number of hydrogen-bond donors (Lipinski definition) is 0. The maximum Gasteiger partial charge on any atom is 0.253 e. The molecule has 0 unspecified atom stereocenters. The summed E-state index contributed by atoms with van der Waals surface area (Å²) in [5.41, 5.74) is 1.31. The molecule has 0 atom stereocenters. The molecule has 2 aromatic rings. The summed E-state index contributed by atoms with van der Waals surface area (Å²) in [4.78, 5) is 14.4. The van der Waals surface area contributed by atoms with E-state index < -0.39 is 10.0 Å². The molecule has 3 rings (SSSR count). The van der Waals surface area contributed by atoms with Crippen LogP contribution in [0.15, 0.2) is 47.4 Å². The van der Waals surface area contributed by atoms with Crippen molar-refractivity contribution in [1.29, 1.82) is 0 Å². The van der Waals surface area contributed by atoms with Crippen LogP contribution in [0.5, 0.6) is 5.75 Å². The lowest BCUT2D eigenvalue weighted by molar-refractivity contribution is 0.0773. The third kappa shape index (κ3) is 5.79. The molecular formula is C23H29ClN2O4S. The van der Waals surface area contributed by atoms with Gasteiger partial charge in [-0.25, -0.2) is 8.42 Å². The molecule has 8 heteroatoms. The quantitative estimate of drug-likeness (QED) is 0.610. The zero-order valence-electron chi connectivity index (χ0n) is 18.0. The number of halogens is 1. The molecule has 0 aliphatic carbocycles. The number of ether oxygens (including phenoxy) is 1. The van der Waals surface area contributed by atoms with E-state index in [9.17, 15) is 13.2 Å². The molecular weight excluding hydrogens is 436 g/mol. The first-order chi connectivity index (χ1) is 14.8. The molecule has 0 spiro atoms. The molecule has 0 aromatic heterocycles. The lowest BCUT2D eigenvalue weighted by atomic mass is 10.2. The molecule has 0 saturated carbocycles. The zero-order valence-corrected chi connectivity index (χ0v) is 19.6. The average molecular weight is 465 g/mol. The Hall–Kier alpha value is -2.09. The van der Waals surface area contributed by atoms with E-state index in [1.165, 1.54) is 21.3 Å². The molecule has 168 valence electrons. The van der Waals surface area contributed by atoms with Gasteiger partial charge < -0.3 is 9.64 Å². The van der Waals surface area contributed by atoms with Crippen molar-refractivity contribution in [3.63, 3.8) is 0 Å². The van der Waals surface area contributed by atoms with E-state index in [4.69, 9.17) is 16.3 Å². The topological polar surface area (TPSA) is 66.9 Å². The van der Waals surface area contributed by atoms with Gasteiger partial charge in [0.1, 0.15) is 17.3 Å². The Kier molecular flexibility index (Phi) is 7.97. The van der Waals surface area contributed by atoms with Crippen molar-refractivity contribution in [2.45, 2.75) is 37.5 Å². The maximum absolute atomic E-state index is 13.2. The molecule has 1 amide bonds. The molecule has 31 heavy (non-hydrogen) atoms. The highest BCUT2D eigenvalue weighted by Crippen LogP contribution is 2.28. The van der Waals surface area contributed by atoms with Gasteiger partial charge in [-0.2, -0.15) is 4.31 Å². The summed E-state index contributed by atoms with van der Waals surface area (Å²) >= 11 is 6.24. The summed E-state index contributed by atoms with van der Waals surface area (Å²) in [6.07, 6.45) is 3.71. The first-order valence-corrected chi connectivity index (χ1v) is 12.4. The van der Waals surface area contributed by atoms with Gasteiger partial charge in [-0.05, 0) is 49.6 Å². The second-order valence-electron chi connectivity index (χ2n) is 7.80. The van der Waals surface area contributed by atoms with Gasteiger partial charge in [0.2, 0.25) is 10.0 Å². The van der Waals surface area contributed by atoms with E-state index >= 15 is 0 Å². The number of benzene rings is 2. The highest BCUT2D eigenvalue weighted by atomic mass is 35.5. The number of carbonyl (C=O) groups is 1. The lowest BCUT2D eigenvalue weighted by Crippen LogP contribution is -2.33. The van der Waals surface area contributed by atoms with Crippen LogP contribution in [0.4, 0.5) is 0 Å². The second kappa shape index (κ2) is 10.5. The van der Waals surface area contributed by atoms with Crippen molar-refractivity contribution in [2.75, 3.05) is 33.3 Å². The van der Waals surface area contributed by atoms with Crippen LogP contribution in [-0.2, 0) is 10.0 Å². The van der Waals surface area contributed by atoms with E-state index in [0.717, 1.165) is 37.0 Å². The van der Waals surface area contributed by atoms with Gasteiger partial charge in [0.05, 0.1) is 11.6 Å². The van der Waals surface area contributed by atoms with Crippen molar-refractivity contribution in [2.24, 2.45) is 0 Å². The summed E-state index contributed by atoms with van der Waals surface area (Å²) in [6.45, 7) is 3.62. The lowest BCUT2D eigenvalue weighted by Gasteiger charge is -2.22. The molecule has 1 aliphatic rings. The van der Waals surface area contributed by atoms with Crippen LogP contribution >= 0.6 is 11.6 Å². The normalized spacial score (nSPS) is 15.3. The van der Waals surface area contributed by atoms with Gasteiger partial charge in [0.25, 0.3) is 5.91 Å². The van der Waals surface area contributed by atoms with Gasteiger partial charge in [-0.15, -0.1) is 0 Å². The molecule has 2 aromatic carbocycles. The molecule has 6 nitrogen and oxygen atoms in total. The van der Waals surface area contributed by atoms with Gasteiger partial charge >= 0.3 is 0 Å². The Bertz CT molecular complexity index is 1020. The van der Waals surface area contributed by atoms with E-state index in [2.05, 4.69) is 0 Å². The number of likely N-dealkylation sites (N-methyl/N-ethyl adjacent to an activating group) is 1. The van der Waals surface area contributed by atoms with E-state index in [1.54, 1.807) is 13.1 Å². The Balaban J connectivity index is 1.70. The van der Waals surface area contributed by atoms with Gasteiger partial charge in [-0.3, -0.25) is 4.79 Å². The largest absolute Gasteiger partial charge is 0.491 e. The summed E-state index contributed by atoms with van der Waals surface area (Å²) in [7, 11) is -2.08. The molecule has 0 bridgehead atoms. The number of para-hydroxylation sites is 1. The highest BCUT2D eigenvalue weighted by Gasteiger charge is 2.28. The molecule has 1 fully saturated rings. The van der Waals surface area contributed by atoms with Crippen molar-refractivity contribution in [3.8, 4) is 5.75 Å². The SMILES string of the molecule is Cc1ccccc1OCCN(C)C(=O)c1ccc(Cl)c(S(=O)(=O)N2CCCCCC2)c1. The predicted molar refractivity (Wildman–Crippen MR) is 122 cm³/mol. The molecule has 0 radical (unpaired) electrons. The predicted octanol–water partition coefficient (Wildman–Crippen LogP) is 4.36. The van der Waals surface area contributed by atoms with Crippen molar-refractivity contribution in [3.05, 3.63) is 58.6 Å². The number of amides is 1. The summed E-state index contributed by atoms with van der Waals surface area (Å²) in [6, 6.07) is 12.1.